The third kappa shape index (κ3) is 3.60. The van der Waals surface area contributed by atoms with Crippen molar-refractivity contribution in [2.45, 2.75) is 38.6 Å². The molecule has 0 aromatic heterocycles. The van der Waals surface area contributed by atoms with Gasteiger partial charge in [-0.25, -0.2) is 0 Å². The van der Waals surface area contributed by atoms with Crippen molar-refractivity contribution in [3.05, 3.63) is 46.0 Å². The van der Waals surface area contributed by atoms with Gasteiger partial charge in [-0.05, 0) is 67.7 Å². The third-order valence-corrected chi connectivity index (χ3v) is 5.34. The zero-order valence-corrected chi connectivity index (χ0v) is 13.3. The highest BCUT2D eigenvalue weighted by Crippen LogP contribution is 2.49. The maximum absolute atomic E-state index is 12.1. The molecule has 4 unspecified atom stereocenters. The predicted molar refractivity (Wildman–Crippen MR) is 88.7 cm³/mol. The van der Waals surface area contributed by atoms with Crippen molar-refractivity contribution in [3.63, 3.8) is 0 Å². The van der Waals surface area contributed by atoms with Crippen molar-refractivity contribution in [2.24, 2.45) is 17.8 Å². The maximum Gasteiger partial charge on any atom is 0.269 e. The zero-order valence-electron chi connectivity index (χ0n) is 13.3. The van der Waals surface area contributed by atoms with Crippen LogP contribution in [-0.4, -0.2) is 16.9 Å². The first-order valence-electron chi connectivity index (χ1n) is 8.26. The van der Waals surface area contributed by atoms with E-state index in [2.05, 4.69) is 12.2 Å². The van der Waals surface area contributed by atoms with Crippen LogP contribution < -0.4 is 5.32 Å². The molecule has 0 aliphatic heterocycles. The second kappa shape index (κ2) is 6.52. The van der Waals surface area contributed by atoms with Gasteiger partial charge in [0.25, 0.3) is 5.69 Å². The van der Waals surface area contributed by atoms with Crippen LogP contribution in [0.5, 0.6) is 0 Å². The molecule has 2 aliphatic rings. The number of hydrogen-bond donors (Lipinski definition) is 1. The van der Waals surface area contributed by atoms with Crippen LogP contribution in [0.1, 0.15) is 38.2 Å². The number of non-ortho nitro benzene ring substituents is 1. The topological polar surface area (TPSA) is 72.2 Å². The van der Waals surface area contributed by atoms with E-state index in [4.69, 9.17) is 0 Å². The standard InChI is InChI=1S/C18H22N2O3/c1-12(17-11-14-2-6-15(17)10-14)19-18(21)9-5-13-3-7-16(8-4-13)20(22)23/h3-5,7-9,12,14-15,17H,2,6,10-11H2,1H3,(H,19,21). The van der Waals surface area contributed by atoms with Gasteiger partial charge in [0, 0.05) is 24.3 Å². The lowest BCUT2D eigenvalue weighted by Crippen LogP contribution is -2.39. The molecule has 4 atom stereocenters. The van der Waals surface area contributed by atoms with Gasteiger partial charge in [-0.1, -0.05) is 6.42 Å². The molecule has 2 bridgehead atoms. The first-order valence-corrected chi connectivity index (χ1v) is 8.26. The molecule has 0 heterocycles. The largest absolute Gasteiger partial charge is 0.350 e. The molecular formula is C18H22N2O3. The average molecular weight is 314 g/mol. The van der Waals surface area contributed by atoms with Crippen molar-refractivity contribution in [2.75, 3.05) is 0 Å². The number of carbonyl (C=O) groups excluding carboxylic acids is 1. The third-order valence-electron chi connectivity index (χ3n) is 5.34. The molecule has 5 heteroatoms. The van der Waals surface area contributed by atoms with Crippen LogP contribution in [0, 0.1) is 27.9 Å². The summed E-state index contributed by atoms with van der Waals surface area (Å²) < 4.78 is 0. The van der Waals surface area contributed by atoms with Crippen LogP contribution in [0.2, 0.25) is 0 Å². The summed E-state index contributed by atoms with van der Waals surface area (Å²) >= 11 is 0. The number of benzene rings is 1. The van der Waals surface area contributed by atoms with Crippen molar-refractivity contribution >= 4 is 17.7 Å². The Bertz CT molecular complexity index is 624. The van der Waals surface area contributed by atoms with E-state index in [1.807, 2.05) is 0 Å². The van der Waals surface area contributed by atoms with Gasteiger partial charge in [0.1, 0.15) is 0 Å². The number of amides is 1. The lowest BCUT2D eigenvalue weighted by atomic mass is 9.84. The van der Waals surface area contributed by atoms with Crippen LogP contribution in [0.4, 0.5) is 5.69 Å². The summed E-state index contributed by atoms with van der Waals surface area (Å²) in [7, 11) is 0. The Morgan fingerprint density at radius 1 is 1.30 bits per heavy atom. The summed E-state index contributed by atoms with van der Waals surface area (Å²) in [4.78, 5) is 22.2. The number of rotatable bonds is 5. The van der Waals surface area contributed by atoms with Crippen LogP contribution in [0.25, 0.3) is 6.08 Å². The van der Waals surface area contributed by atoms with E-state index in [9.17, 15) is 14.9 Å². The number of nitrogens with zero attached hydrogens (tertiary/aromatic N) is 1. The van der Waals surface area contributed by atoms with Crippen molar-refractivity contribution in [1.29, 1.82) is 0 Å². The first-order chi connectivity index (χ1) is 11.0. The van der Waals surface area contributed by atoms with Gasteiger partial charge >= 0.3 is 0 Å². The summed E-state index contributed by atoms with van der Waals surface area (Å²) in [6, 6.07) is 6.37. The molecule has 23 heavy (non-hydrogen) atoms. The van der Waals surface area contributed by atoms with E-state index in [-0.39, 0.29) is 17.6 Å². The molecule has 2 saturated carbocycles. The molecule has 1 aromatic rings. The zero-order chi connectivity index (χ0) is 16.4. The fraction of sp³-hybridized carbons (Fsp3) is 0.500. The minimum Gasteiger partial charge on any atom is -0.350 e. The summed E-state index contributed by atoms with van der Waals surface area (Å²) in [6.07, 6.45) is 8.45. The number of nitrogens with one attached hydrogen (secondary N) is 1. The van der Waals surface area contributed by atoms with Gasteiger partial charge in [-0.2, -0.15) is 0 Å². The van der Waals surface area contributed by atoms with E-state index < -0.39 is 4.92 Å². The number of nitro groups is 1. The monoisotopic (exact) mass is 314 g/mol. The van der Waals surface area contributed by atoms with Crippen LogP contribution >= 0.6 is 0 Å². The Labute approximate surface area is 135 Å². The lowest BCUT2D eigenvalue weighted by Gasteiger charge is -2.28. The molecule has 0 saturated heterocycles. The Hall–Kier alpha value is -2.17. The quantitative estimate of drug-likeness (QED) is 0.513. The SMILES string of the molecule is CC(NC(=O)C=Cc1ccc([N+](=O)[O-])cc1)C1CC2CCC1C2. The van der Waals surface area contributed by atoms with Crippen LogP contribution in [0.15, 0.2) is 30.3 Å². The number of hydrogen-bond acceptors (Lipinski definition) is 3. The lowest BCUT2D eigenvalue weighted by molar-refractivity contribution is -0.384. The molecule has 2 aliphatic carbocycles. The van der Waals surface area contributed by atoms with E-state index in [1.54, 1.807) is 18.2 Å². The number of carbonyl (C=O) groups is 1. The fourth-order valence-electron chi connectivity index (χ4n) is 4.16. The number of fused-ring (bicyclic) bond motifs is 2. The van der Waals surface area contributed by atoms with Crippen molar-refractivity contribution < 1.29 is 9.72 Å². The molecule has 0 spiro atoms. The van der Waals surface area contributed by atoms with Gasteiger partial charge in [0.15, 0.2) is 0 Å². The molecule has 5 nitrogen and oxygen atoms in total. The second-order valence-corrected chi connectivity index (χ2v) is 6.82. The average Bonchev–Trinajstić information content (AvgIpc) is 3.16. The molecule has 3 rings (SSSR count). The van der Waals surface area contributed by atoms with E-state index in [1.165, 1.54) is 43.9 Å². The fourth-order valence-corrected chi connectivity index (χ4v) is 4.16. The summed E-state index contributed by atoms with van der Waals surface area (Å²) in [5.74, 6) is 2.18. The molecule has 1 N–H and O–H groups in total. The molecule has 2 fully saturated rings. The predicted octanol–water partition coefficient (Wildman–Crippen LogP) is 3.55. The minimum absolute atomic E-state index is 0.0523. The van der Waals surface area contributed by atoms with Crippen LogP contribution in [-0.2, 0) is 4.79 Å². The van der Waals surface area contributed by atoms with Gasteiger partial charge in [0.05, 0.1) is 4.92 Å². The second-order valence-electron chi connectivity index (χ2n) is 6.82. The summed E-state index contributed by atoms with van der Waals surface area (Å²) in [6.45, 7) is 2.10. The van der Waals surface area contributed by atoms with E-state index in [0.29, 0.717) is 5.92 Å². The molecule has 122 valence electrons. The normalized spacial score (nSPS) is 27.3. The minimum atomic E-state index is -0.433. The molecule has 1 amide bonds. The Kier molecular flexibility index (Phi) is 4.46. The summed E-state index contributed by atoms with van der Waals surface area (Å²) in [5.41, 5.74) is 0.829. The first kappa shape index (κ1) is 15.7. The van der Waals surface area contributed by atoms with Crippen molar-refractivity contribution in [3.8, 4) is 0 Å². The highest BCUT2D eigenvalue weighted by Gasteiger charge is 2.41. The van der Waals surface area contributed by atoms with Gasteiger partial charge in [0.2, 0.25) is 5.91 Å². The smallest absolute Gasteiger partial charge is 0.269 e. The highest BCUT2D eigenvalue weighted by molar-refractivity contribution is 5.91. The van der Waals surface area contributed by atoms with Gasteiger partial charge < -0.3 is 5.32 Å². The van der Waals surface area contributed by atoms with Crippen molar-refractivity contribution in [1.82, 2.24) is 5.32 Å². The highest BCUT2D eigenvalue weighted by atomic mass is 16.6. The van der Waals surface area contributed by atoms with E-state index >= 15 is 0 Å². The Balaban J connectivity index is 1.53. The van der Waals surface area contributed by atoms with Gasteiger partial charge in [-0.3, -0.25) is 14.9 Å². The molecule has 0 radical (unpaired) electrons. The Morgan fingerprint density at radius 3 is 2.61 bits per heavy atom. The molecule has 1 aromatic carbocycles. The van der Waals surface area contributed by atoms with Crippen LogP contribution in [0.3, 0.4) is 0 Å². The maximum atomic E-state index is 12.1. The summed E-state index contributed by atoms with van der Waals surface area (Å²) in [5, 5.41) is 13.7. The van der Waals surface area contributed by atoms with Gasteiger partial charge in [-0.15, -0.1) is 0 Å². The number of nitro benzene ring substituents is 1. The Morgan fingerprint density at radius 2 is 2.04 bits per heavy atom. The van der Waals surface area contributed by atoms with E-state index in [0.717, 1.165) is 17.4 Å². The molecular weight excluding hydrogens is 292 g/mol.